The van der Waals surface area contributed by atoms with Crippen molar-refractivity contribution in [1.82, 2.24) is 5.48 Å². The molecular formula is C6H14N2O3. The first kappa shape index (κ1) is 10.3. The largest absolute Gasteiger partial charge is 0.380 e. The number of carbonyl (C=O) groups is 1. The van der Waals surface area contributed by atoms with Gasteiger partial charge in [-0.3, -0.25) is 9.63 Å². The second-order valence-corrected chi connectivity index (χ2v) is 2.03. The Morgan fingerprint density at radius 1 is 1.64 bits per heavy atom. The van der Waals surface area contributed by atoms with E-state index in [1.807, 2.05) is 0 Å². The second-order valence-electron chi connectivity index (χ2n) is 2.03. The molecule has 0 saturated carbocycles. The fourth-order valence-electron chi connectivity index (χ4n) is 0.625. The summed E-state index contributed by atoms with van der Waals surface area (Å²) in [5, 5.41) is 0. The molecule has 0 radical (unpaired) electrons. The monoisotopic (exact) mass is 162 g/mol. The third kappa shape index (κ3) is 4.72. The Bertz CT molecular complexity index is 114. The van der Waals surface area contributed by atoms with Gasteiger partial charge in [0.25, 0.3) is 0 Å². The van der Waals surface area contributed by atoms with Crippen molar-refractivity contribution in [2.45, 2.75) is 12.5 Å². The Morgan fingerprint density at radius 3 is 2.64 bits per heavy atom. The average molecular weight is 162 g/mol. The molecule has 0 aliphatic heterocycles. The van der Waals surface area contributed by atoms with Gasteiger partial charge in [0.15, 0.2) is 0 Å². The van der Waals surface area contributed by atoms with Gasteiger partial charge >= 0.3 is 0 Å². The molecule has 0 saturated heterocycles. The fourth-order valence-corrected chi connectivity index (χ4v) is 0.625. The van der Waals surface area contributed by atoms with E-state index in [4.69, 9.17) is 10.5 Å². The number of carbonyl (C=O) groups excluding carboxylic acids is 1. The molecule has 0 spiro atoms. The highest BCUT2D eigenvalue weighted by atomic mass is 16.6. The number of hydrogen-bond acceptors (Lipinski definition) is 4. The minimum Gasteiger partial charge on any atom is -0.380 e. The minimum atomic E-state index is -0.232. The van der Waals surface area contributed by atoms with E-state index >= 15 is 0 Å². The van der Waals surface area contributed by atoms with Crippen LogP contribution in [0.3, 0.4) is 0 Å². The maximum atomic E-state index is 10.8. The standard InChI is InChI=1S/C6H14N2O3/c1-10-5(4-7)3-6(9)8-11-2/h5H,3-4,7H2,1-2H3,(H,8,9). The van der Waals surface area contributed by atoms with Gasteiger partial charge in [0.1, 0.15) is 0 Å². The Balaban J connectivity index is 3.54. The van der Waals surface area contributed by atoms with Crippen molar-refractivity contribution < 1.29 is 14.4 Å². The molecule has 1 atom stereocenters. The highest BCUT2D eigenvalue weighted by Crippen LogP contribution is 1.93. The molecule has 0 aromatic heterocycles. The zero-order valence-corrected chi connectivity index (χ0v) is 6.79. The Hall–Kier alpha value is -0.650. The summed E-state index contributed by atoms with van der Waals surface area (Å²) in [5.74, 6) is -0.232. The number of ether oxygens (including phenoxy) is 1. The lowest BCUT2D eigenvalue weighted by atomic mass is 10.2. The molecule has 0 aromatic carbocycles. The van der Waals surface area contributed by atoms with Gasteiger partial charge in [-0.25, -0.2) is 5.48 Å². The average Bonchev–Trinajstić information content (AvgIpc) is 2.01. The maximum absolute atomic E-state index is 10.8. The summed E-state index contributed by atoms with van der Waals surface area (Å²) < 4.78 is 4.88. The molecule has 0 fully saturated rings. The summed E-state index contributed by atoms with van der Waals surface area (Å²) in [5.41, 5.74) is 7.45. The Morgan fingerprint density at radius 2 is 2.27 bits per heavy atom. The molecule has 66 valence electrons. The van der Waals surface area contributed by atoms with Gasteiger partial charge in [-0.1, -0.05) is 0 Å². The van der Waals surface area contributed by atoms with Crippen LogP contribution in [0.15, 0.2) is 0 Å². The van der Waals surface area contributed by atoms with Gasteiger partial charge in [-0.05, 0) is 0 Å². The van der Waals surface area contributed by atoms with Crippen LogP contribution in [0.4, 0.5) is 0 Å². The molecule has 5 nitrogen and oxygen atoms in total. The predicted octanol–water partition coefficient (Wildman–Crippen LogP) is -0.972. The van der Waals surface area contributed by atoms with E-state index in [-0.39, 0.29) is 18.4 Å². The SMILES string of the molecule is CONC(=O)CC(CN)OC. The molecule has 3 N–H and O–H groups in total. The molecule has 1 amide bonds. The number of hydrogen-bond donors (Lipinski definition) is 2. The van der Waals surface area contributed by atoms with Gasteiger partial charge < -0.3 is 10.5 Å². The molecule has 0 rings (SSSR count). The van der Waals surface area contributed by atoms with E-state index in [0.29, 0.717) is 6.54 Å². The number of hydroxylamine groups is 1. The lowest BCUT2D eigenvalue weighted by Gasteiger charge is -2.11. The first-order chi connectivity index (χ1) is 5.24. The Kier molecular flexibility index (Phi) is 5.73. The first-order valence-corrected chi connectivity index (χ1v) is 3.29. The number of nitrogens with two attached hydrogens (primary N) is 1. The first-order valence-electron chi connectivity index (χ1n) is 3.29. The fraction of sp³-hybridized carbons (Fsp3) is 0.833. The van der Waals surface area contributed by atoms with Gasteiger partial charge in [0.05, 0.1) is 19.6 Å². The van der Waals surface area contributed by atoms with Gasteiger partial charge in [-0.15, -0.1) is 0 Å². The van der Waals surface area contributed by atoms with Crippen LogP contribution in [0.2, 0.25) is 0 Å². The molecular weight excluding hydrogens is 148 g/mol. The van der Waals surface area contributed by atoms with E-state index in [1.54, 1.807) is 0 Å². The van der Waals surface area contributed by atoms with Crippen LogP contribution in [0.5, 0.6) is 0 Å². The van der Waals surface area contributed by atoms with E-state index < -0.39 is 0 Å². The zero-order valence-electron chi connectivity index (χ0n) is 6.79. The van der Waals surface area contributed by atoms with Gasteiger partial charge in [0, 0.05) is 13.7 Å². The molecule has 0 heterocycles. The molecule has 0 aliphatic carbocycles. The molecule has 0 aromatic rings. The van der Waals surface area contributed by atoms with Crippen LogP contribution in [-0.4, -0.2) is 32.8 Å². The number of nitrogens with one attached hydrogen (secondary N) is 1. The van der Waals surface area contributed by atoms with Crippen LogP contribution in [0.25, 0.3) is 0 Å². The van der Waals surface area contributed by atoms with Crippen LogP contribution in [0.1, 0.15) is 6.42 Å². The zero-order chi connectivity index (χ0) is 8.69. The third-order valence-corrected chi connectivity index (χ3v) is 1.23. The van der Waals surface area contributed by atoms with Crippen molar-refractivity contribution in [2.75, 3.05) is 20.8 Å². The summed E-state index contributed by atoms with van der Waals surface area (Å²) in [6, 6.07) is 0. The van der Waals surface area contributed by atoms with E-state index in [2.05, 4.69) is 10.3 Å². The van der Waals surface area contributed by atoms with Crippen molar-refractivity contribution >= 4 is 5.91 Å². The van der Waals surface area contributed by atoms with Crippen molar-refractivity contribution in [3.8, 4) is 0 Å². The van der Waals surface area contributed by atoms with E-state index in [0.717, 1.165) is 0 Å². The van der Waals surface area contributed by atoms with Gasteiger partial charge in [-0.2, -0.15) is 0 Å². The maximum Gasteiger partial charge on any atom is 0.246 e. The summed E-state index contributed by atoms with van der Waals surface area (Å²) in [4.78, 5) is 15.2. The topological polar surface area (TPSA) is 73.6 Å². The lowest BCUT2D eigenvalue weighted by Crippen LogP contribution is -2.31. The number of methoxy groups -OCH3 is 1. The van der Waals surface area contributed by atoms with Gasteiger partial charge in [0.2, 0.25) is 5.91 Å². The highest BCUT2D eigenvalue weighted by molar-refractivity contribution is 5.75. The van der Waals surface area contributed by atoms with Crippen LogP contribution < -0.4 is 11.2 Å². The smallest absolute Gasteiger partial charge is 0.246 e. The summed E-state index contributed by atoms with van der Waals surface area (Å²) >= 11 is 0. The number of rotatable bonds is 5. The summed E-state index contributed by atoms with van der Waals surface area (Å²) in [6.07, 6.45) is -0.00829. The number of amides is 1. The van der Waals surface area contributed by atoms with Crippen molar-refractivity contribution in [2.24, 2.45) is 5.73 Å². The molecule has 5 heteroatoms. The predicted molar refractivity (Wildman–Crippen MR) is 39.6 cm³/mol. The van der Waals surface area contributed by atoms with Crippen molar-refractivity contribution in [1.29, 1.82) is 0 Å². The summed E-state index contributed by atoms with van der Waals surface area (Å²) in [7, 11) is 2.89. The Labute approximate surface area is 65.8 Å². The van der Waals surface area contributed by atoms with Crippen molar-refractivity contribution in [3.05, 3.63) is 0 Å². The molecule has 1 unspecified atom stereocenters. The van der Waals surface area contributed by atoms with E-state index in [9.17, 15) is 4.79 Å². The van der Waals surface area contributed by atoms with Crippen LogP contribution in [0, 0.1) is 0 Å². The lowest BCUT2D eigenvalue weighted by molar-refractivity contribution is -0.133. The summed E-state index contributed by atoms with van der Waals surface area (Å²) in [6.45, 7) is 0.327. The normalized spacial score (nSPS) is 12.6. The van der Waals surface area contributed by atoms with Crippen molar-refractivity contribution in [3.63, 3.8) is 0 Å². The minimum absolute atomic E-state index is 0.223. The molecule has 11 heavy (non-hydrogen) atoms. The second kappa shape index (κ2) is 6.09. The van der Waals surface area contributed by atoms with Crippen LogP contribution >= 0.6 is 0 Å². The molecule has 0 aliphatic rings. The quantitative estimate of drug-likeness (QED) is 0.510. The van der Waals surface area contributed by atoms with E-state index in [1.165, 1.54) is 14.2 Å². The highest BCUT2D eigenvalue weighted by Gasteiger charge is 2.10. The third-order valence-electron chi connectivity index (χ3n) is 1.23. The molecule has 0 bridgehead atoms. The van der Waals surface area contributed by atoms with Crippen LogP contribution in [-0.2, 0) is 14.4 Å².